The molecule has 1 aliphatic rings. The number of aliphatic hydroxyl groups is 1. The van der Waals surface area contributed by atoms with Crippen molar-refractivity contribution in [2.45, 2.75) is 39.0 Å². The van der Waals surface area contributed by atoms with E-state index < -0.39 is 6.10 Å². The number of pyridine rings is 2. The Labute approximate surface area is 255 Å². The lowest BCUT2D eigenvalue weighted by Gasteiger charge is -2.28. The van der Waals surface area contributed by atoms with E-state index in [-0.39, 0.29) is 6.04 Å². The van der Waals surface area contributed by atoms with E-state index in [9.17, 15) is 5.11 Å². The normalized spacial score (nSPS) is 16.8. The van der Waals surface area contributed by atoms with E-state index in [1.807, 2.05) is 61.5 Å². The highest BCUT2D eigenvalue weighted by molar-refractivity contribution is 6.36. The van der Waals surface area contributed by atoms with Crippen molar-refractivity contribution in [3.63, 3.8) is 0 Å². The van der Waals surface area contributed by atoms with Crippen molar-refractivity contribution >= 4 is 34.1 Å². The van der Waals surface area contributed by atoms with Crippen LogP contribution in [0.5, 0.6) is 5.88 Å². The number of fused-ring (bicyclic) bond motifs is 1. The second kappa shape index (κ2) is 12.6. The summed E-state index contributed by atoms with van der Waals surface area (Å²) in [6, 6.07) is 19.7. The molecule has 9 nitrogen and oxygen atoms in total. The third-order valence-corrected chi connectivity index (χ3v) is 8.14. The topological polar surface area (TPSA) is 114 Å². The fraction of sp³-hybridized carbons (Fsp3) is 0.273. The number of methoxy groups -OCH3 is 1. The molecule has 0 saturated carbocycles. The van der Waals surface area contributed by atoms with Crippen LogP contribution in [-0.2, 0) is 11.3 Å². The van der Waals surface area contributed by atoms with Gasteiger partial charge in [0, 0.05) is 47.8 Å². The molecule has 4 heterocycles. The third kappa shape index (κ3) is 6.03. The molecule has 43 heavy (non-hydrogen) atoms. The first-order valence-corrected chi connectivity index (χ1v) is 14.6. The number of hydrogen-bond acceptors (Lipinski definition) is 9. The second-order valence-electron chi connectivity index (χ2n) is 10.5. The summed E-state index contributed by atoms with van der Waals surface area (Å²) in [7, 11) is 1.61. The Kier molecular flexibility index (Phi) is 8.49. The van der Waals surface area contributed by atoms with Crippen LogP contribution in [0.25, 0.3) is 33.4 Å². The van der Waals surface area contributed by atoms with Crippen LogP contribution in [0.1, 0.15) is 23.4 Å². The van der Waals surface area contributed by atoms with Crippen LogP contribution in [0.15, 0.2) is 66.9 Å². The summed E-state index contributed by atoms with van der Waals surface area (Å²) in [5.41, 5.74) is 7.70. The van der Waals surface area contributed by atoms with Crippen molar-refractivity contribution in [2.75, 3.05) is 25.6 Å². The molecular weight excluding hydrogens is 564 g/mol. The molecule has 0 aliphatic carbocycles. The number of hydrogen-bond donors (Lipinski definition) is 3. The minimum absolute atomic E-state index is 0.0360. The van der Waals surface area contributed by atoms with Crippen LogP contribution in [0.2, 0.25) is 5.02 Å². The van der Waals surface area contributed by atoms with Crippen LogP contribution < -0.4 is 15.4 Å². The summed E-state index contributed by atoms with van der Waals surface area (Å²) >= 11 is 7.09. The molecule has 2 unspecified atom stereocenters. The number of rotatable bonds is 8. The molecule has 0 spiro atoms. The Balaban J connectivity index is 1.29. The van der Waals surface area contributed by atoms with Gasteiger partial charge in [0.2, 0.25) is 5.88 Å². The van der Waals surface area contributed by atoms with E-state index in [1.165, 1.54) is 0 Å². The Bertz CT molecular complexity index is 1780. The maximum absolute atomic E-state index is 10.2. The van der Waals surface area contributed by atoms with E-state index in [0.29, 0.717) is 53.5 Å². The van der Waals surface area contributed by atoms with Crippen molar-refractivity contribution in [3.8, 4) is 28.3 Å². The number of halogens is 1. The van der Waals surface area contributed by atoms with Gasteiger partial charge in [-0.3, -0.25) is 4.98 Å². The van der Waals surface area contributed by atoms with Gasteiger partial charge in [0.05, 0.1) is 36.1 Å². The predicted molar refractivity (Wildman–Crippen MR) is 169 cm³/mol. The molecule has 3 aromatic heterocycles. The molecular formula is C33H33ClN6O3. The highest BCUT2D eigenvalue weighted by atomic mass is 35.5. The standard InChI is InChI=1S/C33H33ClN6O3/c1-19-22(7-5-10-25(19)39-32-31-28(11-6-15-35-31)37-20(2)38-32)23-8-4-9-24(30(23)34)26-13-12-21(33(40-26)42-3)17-36-27-14-16-43-18-29(27)41/h4-13,15,27,29,36,41H,14,16-18H2,1-3H3,(H,37,38,39). The van der Waals surface area contributed by atoms with Crippen molar-refractivity contribution in [1.29, 1.82) is 0 Å². The van der Waals surface area contributed by atoms with E-state index in [4.69, 9.17) is 26.1 Å². The smallest absolute Gasteiger partial charge is 0.218 e. The Morgan fingerprint density at radius 1 is 0.977 bits per heavy atom. The monoisotopic (exact) mass is 596 g/mol. The summed E-state index contributed by atoms with van der Waals surface area (Å²) in [6.07, 6.45) is 1.95. The quantitative estimate of drug-likeness (QED) is 0.198. The third-order valence-electron chi connectivity index (χ3n) is 7.73. The van der Waals surface area contributed by atoms with Crippen LogP contribution >= 0.6 is 11.6 Å². The number of aliphatic hydroxyl groups excluding tert-OH is 1. The molecule has 220 valence electrons. The molecule has 0 amide bonds. The summed E-state index contributed by atoms with van der Waals surface area (Å²) in [5, 5.41) is 17.7. The van der Waals surface area contributed by atoms with Gasteiger partial charge in [-0.05, 0) is 55.7 Å². The van der Waals surface area contributed by atoms with Crippen molar-refractivity contribution < 1.29 is 14.6 Å². The number of aromatic nitrogens is 4. The van der Waals surface area contributed by atoms with Gasteiger partial charge in [-0.25, -0.2) is 15.0 Å². The number of ether oxygens (including phenoxy) is 2. The number of anilines is 2. The van der Waals surface area contributed by atoms with Gasteiger partial charge in [-0.2, -0.15) is 0 Å². The molecule has 0 radical (unpaired) electrons. The van der Waals surface area contributed by atoms with Crippen LogP contribution in [0.4, 0.5) is 11.5 Å². The van der Waals surface area contributed by atoms with E-state index in [2.05, 4.69) is 38.6 Å². The molecule has 1 saturated heterocycles. The Morgan fingerprint density at radius 3 is 2.63 bits per heavy atom. The first-order valence-electron chi connectivity index (χ1n) is 14.2. The predicted octanol–water partition coefficient (Wildman–Crippen LogP) is 6.02. The number of nitrogens with zero attached hydrogens (tertiary/aromatic N) is 4. The Hall–Kier alpha value is -4.15. The van der Waals surface area contributed by atoms with E-state index >= 15 is 0 Å². The van der Waals surface area contributed by atoms with Gasteiger partial charge < -0.3 is 25.2 Å². The fourth-order valence-corrected chi connectivity index (χ4v) is 5.76. The average Bonchev–Trinajstić information content (AvgIpc) is 3.02. The minimum atomic E-state index is -0.535. The highest BCUT2D eigenvalue weighted by Crippen LogP contribution is 2.40. The summed E-state index contributed by atoms with van der Waals surface area (Å²) in [6.45, 7) is 5.41. The lowest BCUT2D eigenvalue weighted by Crippen LogP contribution is -2.46. The van der Waals surface area contributed by atoms with Gasteiger partial charge in [-0.1, -0.05) is 48.0 Å². The fourth-order valence-electron chi connectivity index (χ4n) is 5.43. The molecule has 2 aromatic carbocycles. The summed E-state index contributed by atoms with van der Waals surface area (Å²) < 4.78 is 11.0. The molecule has 0 bridgehead atoms. The van der Waals surface area contributed by atoms with Crippen molar-refractivity contribution in [2.24, 2.45) is 0 Å². The van der Waals surface area contributed by atoms with Crippen LogP contribution in [0.3, 0.4) is 0 Å². The zero-order chi connectivity index (χ0) is 29.9. The molecule has 3 N–H and O–H groups in total. The average molecular weight is 597 g/mol. The Morgan fingerprint density at radius 2 is 1.79 bits per heavy atom. The van der Waals surface area contributed by atoms with Crippen LogP contribution in [-0.4, -0.2) is 57.5 Å². The molecule has 1 aliphatic heterocycles. The van der Waals surface area contributed by atoms with Crippen molar-refractivity contribution in [3.05, 3.63) is 88.8 Å². The lowest BCUT2D eigenvalue weighted by molar-refractivity contribution is -0.0281. The zero-order valence-electron chi connectivity index (χ0n) is 24.3. The van der Waals surface area contributed by atoms with Gasteiger partial charge in [0.25, 0.3) is 0 Å². The summed E-state index contributed by atoms with van der Waals surface area (Å²) in [4.78, 5) is 18.4. The number of benzene rings is 2. The van der Waals surface area contributed by atoms with Gasteiger partial charge in [-0.15, -0.1) is 0 Å². The zero-order valence-corrected chi connectivity index (χ0v) is 25.0. The maximum atomic E-state index is 10.2. The summed E-state index contributed by atoms with van der Waals surface area (Å²) in [5.74, 6) is 1.83. The first kappa shape index (κ1) is 28.9. The second-order valence-corrected chi connectivity index (χ2v) is 10.9. The SMILES string of the molecule is COc1nc(-c2cccc(-c3cccc(Nc4nc(C)nc5cccnc45)c3C)c2Cl)ccc1CNC1CCOCC1O. The van der Waals surface area contributed by atoms with E-state index in [1.54, 1.807) is 13.3 Å². The number of nitrogens with one attached hydrogen (secondary N) is 2. The van der Waals surface area contributed by atoms with Gasteiger partial charge in [0.1, 0.15) is 11.3 Å². The van der Waals surface area contributed by atoms with Gasteiger partial charge in [0.15, 0.2) is 5.82 Å². The number of aryl methyl sites for hydroxylation is 1. The molecule has 10 heteroatoms. The molecule has 6 rings (SSSR count). The largest absolute Gasteiger partial charge is 0.481 e. The first-order chi connectivity index (χ1) is 20.9. The van der Waals surface area contributed by atoms with Gasteiger partial charge >= 0.3 is 0 Å². The van der Waals surface area contributed by atoms with Crippen molar-refractivity contribution in [1.82, 2.24) is 25.3 Å². The lowest BCUT2D eigenvalue weighted by atomic mass is 9.96. The molecule has 5 aromatic rings. The molecule has 1 fully saturated rings. The van der Waals surface area contributed by atoms with E-state index in [0.717, 1.165) is 45.4 Å². The highest BCUT2D eigenvalue weighted by Gasteiger charge is 2.24. The minimum Gasteiger partial charge on any atom is -0.481 e. The maximum Gasteiger partial charge on any atom is 0.218 e. The molecule has 2 atom stereocenters. The van der Waals surface area contributed by atoms with Crippen LogP contribution in [0, 0.1) is 13.8 Å².